The Hall–Kier alpha value is -2.35. The molecule has 0 amide bonds. The second-order valence-electron chi connectivity index (χ2n) is 1.61. The Labute approximate surface area is 104 Å². The Kier molecular flexibility index (Phi) is 9.82. The highest BCUT2D eigenvalue weighted by molar-refractivity contribution is 14.1. The molecular weight excluding hydrogens is 295 g/mol. The van der Waals surface area contributed by atoms with Gasteiger partial charge in [-0.25, -0.2) is 0 Å². The second-order valence-corrected chi connectivity index (χ2v) is 2.15. The summed E-state index contributed by atoms with van der Waals surface area (Å²) < 4.78 is 2.59. The van der Waals surface area contributed by atoms with Crippen LogP contribution < -0.4 is 0 Å². The molecule has 0 rings (SSSR count). The van der Waals surface area contributed by atoms with Crippen LogP contribution in [0.5, 0.6) is 0 Å². The molecular formula is C14HI. The van der Waals surface area contributed by atoms with Crippen LogP contribution in [-0.4, -0.2) is 0 Å². The summed E-state index contributed by atoms with van der Waals surface area (Å²) in [5.41, 5.74) is 0. The average molecular weight is 296 g/mol. The third kappa shape index (κ3) is 11.6. The first-order chi connectivity index (χ1) is 7.41. The summed E-state index contributed by atoms with van der Waals surface area (Å²) in [4.78, 5) is 0. The highest BCUT2D eigenvalue weighted by Gasteiger charge is 1.56. The van der Waals surface area contributed by atoms with Gasteiger partial charge in [0.05, 0.1) is 0 Å². The van der Waals surface area contributed by atoms with Crippen molar-refractivity contribution in [1.82, 2.24) is 0 Å². The minimum atomic E-state index is 1.89. The molecule has 1 heteroatoms. The quantitative estimate of drug-likeness (QED) is 0.463. The van der Waals surface area contributed by atoms with Crippen molar-refractivity contribution in [3.8, 4) is 81.4 Å². The van der Waals surface area contributed by atoms with Crippen LogP contribution in [0.2, 0.25) is 0 Å². The molecule has 15 heavy (non-hydrogen) atoms. The van der Waals surface area contributed by atoms with Gasteiger partial charge >= 0.3 is 0 Å². The van der Waals surface area contributed by atoms with Crippen molar-refractivity contribution in [3.05, 3.63) is 0 Å². The predicted octanol–water partition coefficient (Wildman–Crippen LogP) is 1.03. The number of terminal acetylenes is 1. The summed E-state index contributed by atoms with van der Waals surface area (Å²) in [6, 6.07) is 0. The van der Waals surface area contributed by atoms with Gasteiger partial charge in [-0.3, -0.25) is 0 Å². The van der Waals surface area contributed by atoms with E-state index in [4.69, 9.17) is 6.42 Å². The predicted molar refractivity (Wildman–Crippen MR) is 69.5 cm³/mol. The minimum Gasteiger partial charge on any atom is -0.106 e. The first-order valence-corrected chi connectivity index (χ1v) is 4.56. The second kappa shape index (κ2) is 11.6. The summed E-state index contributed by atoms with van der Waals surface area (Å²) in [6.45, 7) is 0. The van der Waals surface area contributed by atoms with Crippen molar-refractivity contribution in [2.45, 2.75) is 0 Å². The molecule has 0 N–H and O–H groups in total. The van der Waals surface area contributed by atoms with E-state index in [0.717, 1.165) is 0 Å². The molecule has 0 atom stereocenters. The molecule has 64 valence electrons. The molecule has 0 unspecified atom stereocenters. The Morgan fingerprint density at radius 1 is 0.533 bits per heavy atom. The summed E-state index contributed by atoms with van der Waals surface area (Å²) in [5, 5.41) is 0. The van der Waals surface area contributed by atoms with Crippen molar-refractivity contribution in [3.63, 3.8) is 0 Å². The van der Waals surface area contributed by atoms with Gasteiger partial charge in [0.1, 0.15) is 0 Å². The van der Waals surface area contributed by atoms with E-state index in [0.29, 0.717) is 0 Å². The lowest BCUT2D eigenvalue weighted by Crippen LogP contribution is -1.54. The van der Waals surface area contributed by atoms with Crippen LogP contribution >= 0.6 is 22.6 Å². The maximum atomic E-state index is 4.87. The van der Waals surface area contributed by atoms with E-state index >= 15 is 0 Å². The van der Waals surface area contributed by atoms with Gasteiger partial charge in [-0.1, -0.05) is 0 Å². The van der Waals surface area contributed by atoms with Crippen LogP contribution in [-0.2, 0) is 0 Å². The van der Waals surface area contributed by atoms with Gasteiger partial charge in [0, 0.05) is 22.6 Å². The minimum absolute atomic E-state index is 1.89. The standard InChI is InChI=1S/C14HI/c1-2-3-4-5-6-7-8-9-10-11-12-13-14-15/h1H. The molecule has 0 bridgehead atoms. The van der Waals surface area contributed by atoms with E-state index in [1.54, 1.807) is 0 Å². The number of hydrogen-bond donors (Lipinski definition) is 0. The van der Waals surface area contributed by atoms with Crippen LogP contribution in [0, 0.1) is 81.4 Å². The summed E-state index contributed by atoms with van der Waals surface area (Å²) in [7, 11) is 0. The van der Waals surface area contributed by atoms with E-state index < -0.39 is 0 Å². The lowest BCUT2D eigenvalue weighted by Gasteiger charge is -1.55. The summed E-state index contributed by atoms with van der Waals surface area (Å²) in [6.07, 6.45) is 4.87. The lowest BCUT2D eigenvalue weighted by atomic mass is 10.5. The number of halogens is 1. The molecule has 0 aliphatic carbocycles. The monoisotopic (exact) mass is 296 g/mol. The van der Waals surface area contributed by atoms with Gasteiger partial charge in [-0.15, -0.1) is 6.42 Å². The van der Waals surface area contributed by atoms with Crippen molar-refractivity contribution in [1.29, 1.82) is 0 Å². The first kappa shape index (κ1) is 12.7. The molecule has 0 aromatic heterocycles. The molecule has 0 aliphatic rings. The fourth-order valence-corrected chi connectivity index (χ4v) is 0.476. The zero-order valence-electron chi connectivity index (χ0n) is 7.46. The van der Waals surface area contributed by atoms with Gasteiger partial charge < -0.3 is 0 Å². The summed E-state index contributed by atoms with van der Waals surface area (Å²) in [5.74, 6) is 29.3. The third-order valence-electron chi connectivity index (χ3n) is 0.744. The van der Waals surface area contributed by atoms with Crippen LogP contribution in [0.25, 0.3) is 0 Å². The van der Waals surface area contributed by atoms with E-state index in [-0.39, 0.29) is 0 Å². The molecule has 0 nitrogen and oxygen atoms in total. The van der Waals surface area contributed by atoms with E-state index in [1.807, 2.05) is 22.6 Å². The van der Waals surface area contributed by atoms with Crippen molar-refractivity contribution < 1.29 is 0 Å². The van der Waals surface area contributed by atoms with Crippen molar-refractivity contribution >= 4 is 22.6 Å². The van der Waals surface area contributed by atoms with Crippen molar-refractivity contribution in [2.24, 2.45) is 0 Å². The van der Waals surface area contributed by atoms with Gasteiger partial charge in [-0.05, 0) is 75.0 Å². The Bertz CT molecular complexity index is 619. The molecule has 0 aromatic carbocycles. The Morgan fingerprint density at radius 3 is 1.20 bits per heavy atom. The van der Waals surface area contributed by atoms with E-state index in [2.05, 4.69) is 75.0 Å². The maximum absolute atomic E-state index is 4.87. The van der Waals surface area contributed by atoms with Crippen LogP contribution in [0.1, 0.15) is 0 Å². The summed E-state index contributed by atoms with van der Waals surface area (Å²) >= 11 is 1.89. The lowest BCUT2D eigenvalue weighted by molar-refractivity contribution is 2.34. The fraction of sp³-hybridized carbons (Fsp3) is 0. The highest BCUT2D eigenvalue weighted by atomic mass is 127. The molecule has 0 aromatic rings. The normalized spacial score (nSPS) is 3.73. The fourth-order valence-electron chi connectivity index (χ4n) is 0.341. The average Bonchev–Trinajstić information content (AvgIpc) is 2.26. The molecule has 0 saturated carbocycles. The number of rotatable bonds is 0. The van der Waals surface area contributed by atoms with Crippen LogP contribution in [0.15, 0.2) is 0 Å². The highest BCUT2D eigenvalue weighted by Crippen LogP contribution is 1.67. The van der Waals surface area contributed by atoms with Gasteiger partial charge in [0.25, 0.3) is 0 Å². The number of hydrogen-bond acceptors (Lipinski definition) is 0. The molecule has 0 spiro atoms. The maximum Gasteiger partial charge on any atom is 0.0192 e. The van der Waals surface area contributed by atoms with Gasteiger partial charge in [0.2, 0.25) is 0 Å². The van der Waals surface area contributed by atoms with Gasteiger partial charge in [-0.2, -0.15) is 0 Å². The van der Waals surface area contributed by atoms with Gasteiger partial charge in [0.15, 0.2) is 0 Å². The SMILES string of the molecule is C#CC#CC#CC#CC#CC#CC#CI. The molecule has 0 aliphatic heterocycles. The van der Waals surface area contributed by atoms with Crippen LogP contribution in [0.4, 0.5) is 0 Å². The first-order valence-electron chi connectivity index (χ1n) is 3.48. The zero-order valence-corrected chi connectivity index (χ0v) is 9.61. The topological polar surface area (TPSA) is 0 Å². The Balaban J connectivity index is 4.21. The molecule has 0 saturated heterocycles. The molecule has 0 heterocycles. The van der Waals surface area contributed by atoms with E-state index in [1.165, 1.54) is 0 Å². The Morgan fingerprint density at radius 2 is 0.867 bits per heavy atom. The van der Waals surface area contributed by atoms with Crippen LogP contribution in [0.3, 0.4) is 0 Å². The zero-order chi connectivity index (χ0) is 11.2. The third-order valence-corrected chi connectivity index (χ3v) is 1.01. The largest absolute Gasteiger partial charge is 0.106 e. The molecule has 0 radical (unpaired) electrons. The van der Waals surface area contributed by atoms with Crippen molar-refractivity contribution in [2.75, 3.05) is 0 Å². The molecule has 0 fully saturated rings. The van der Waals surface area contributed by atoms with E-state index in [9.17, 15) is 0 Å². The smallest absolute Gasteiger partial charge is 0.0192 e.